The summed E-state index contributed by atoms with van der Waals surface area (Å²) in [5, 5.41) is 12.1. The Morgan fingerprint density at radius 3 is 2.45 bits per heavy atom. The summed E-state index contributed by atoms with van der Waals surface area (Å²) in [7, 11) is 0. The fraction of sp³-hybridized carbons (Fsp3) is 0.200. The number of amides is 1. The molecule has 3 aromatic carbocycles. The molecule has 0 aliphatic rings. The second-order valence-electron chi connectivity index (χ2n) is 6.56. The number of hydrogen-bond donors (Lipinski definition) is 1. The maximum atomic E-state index is 12.9. The first kappa shape index (κ1) is 21.7. The second kappa shape index (κ2) is 10.7. The van der Waals surface area contributed by atoms with E-state index in [2.05, 4.69) is 11.4 Å². The molecule has 158 valence electrons. The average molecular weight is 416 g/mol. The molecule has 0 atom stereocenters. The molecule has 6 heteroatoms. The summed E-state index contributed by atoms with van der Waals surface area (Å²) in [5.74, 6) is 1.46. The Hall–Kier alpha value is -3.98. The van der Waals surface area contributed by atoms with Crippen LogP contribution in [0.1, 0.15) is 35.3 Å². The van der Waals surface area contributed by atoms with E-state index >= 15 is 0 Å². The van der Waals surface area contributed by atoms with Crippen LogP contribution < -0.4 is 19.5 Å². The molecule has 3 aromatic rings. The molecule has 0 heterocycles. The van der Waals surface area contributed by atoms with Gasteiger partial charge in [0, 0.05) is 17.2 Å². The third-order valence-electron chi connectivity index (χ3n) is 4.44. The van der Waals surface area contributed by atoms with Crippen LogP contribution in [-0.2, 0) is 6.61 Å². The van der Waals surface area contributed by atoms with Gasteiger partial charge in [-0.25, -0.2) is 0 Å². The van der Waals surface area contributed by atoms with Gasteiger partial charge in [0.2, 0.25) is 0 Å². The fourth-order valence-corrected chi connectivity index (χ4v) is 2.98. The summed E-state index contributed by atoms with van der Waals surface area (Å²) in [5.41, 5.74) is 2.32. The highest BCUT2D eigenvalue weighted by atomic mass is 16.5. The van der Waals surface area contributed by atoms with Crippen LogP contribution in [0.2, 0.25) is 0 Å². The monoisotopic (exact) mass is 416 g/mol. The van der Waals surface area contributed by atoms with E-state index in [1.165, 1.54) is 0 Å². The van der Waals surface area contributed by atoms with E-state index < -0.39 is 0 Å². The zero-order valence-electron chi connectivity index (χ0n) is 17.6. The van der Waals surface area contributed by atoms with Crippen LogP contribution in [-0.4, -0.2) is 19.1 Å². The summed E-state index contributed by atoms with van der Waals surface area (Å²) in [6, 6.07) is 21.6. The lowest BCUT2D eigenvalue weighted by Gasteiger charge is -2.14. The van der Waals surface area contributed by atoms with Crippen molar-refractivity contribution in [1.82, 2.24) is 0 Å². The van der Waals surface area contributed by atoms with E-state index in [4.69, 9.17) is 14.2 Å². The summed E-state index contributed by atoms with van der Waals surface area (Å²) in [6.07, 6.45) is 0. The molecule has 31 heavy (non-hydrogen) atoms. The van der Waals surface area contributed by atoms with Gasteiger partial charge in [0.1, 0.15) is 23.9 Å². The van der Waals surface area contributed by atoms with Gasteiger partial charge in [0.05, 0.1) is 30.5 Å². The molecule has 1 amide bonds. The van der Waals surface area contributed by atoms with Gasteiger partial charge in [-0.15, -0.1) is 0 Å². The van der Waals surface area contributed by atoms with Crippen molar-refractivity contribution in [2.75, 3.05) is 18.5 Å². The number of hydrogen-bond acceptors (Lipinski definition) is 5. The van der Waals surface area contributed by atoms with Gasteiger partial charge < -0.3 is 19.5 Å². The van der Waals surface area contributed by atoms with Crippen molar-refractivity contribution in [3.8, 4) is 23.3 Å². The van der Waals surface area contributed by atoms with Gasteiger partial charge in [0.15, 0.2) is 0 Å². The second-order valence-corrected chi connectivity index (χ2v) is 6.56. The van der Waals surface area contributed by atoms with Crippen molar-refractivity contribution < 1.29 is 19.0 Å². The predicted octanol–water partition coefficient (Wildman–Crippen LogP) is 5.19. The number of nitrogens with one attached hydrogen (secondary N) is 1. The highest BCUT2D eigenvalue weighted by Gasteiger charge is 2.13. The molecular formula is C25H24N2O4. The van der Waals surface area contributed by atoms with Crippen molar-refractivity contribution in [3.05, 3.63) is 83.4 Å². The molecule has 0 saturated heterocycles. The first-order valence-corrected chi connectivity index (χ1v) is 10.1. The molecule has 0 aliphatic carbocycles. The van der Waals surface area contributed by atoms with Crippen molar-refractivity contribution in [3.63, 3.8) is 0 Å². The van der Waals surface area contributed by atoms with Crippen LogP contribution in [0.4, 0.5) is 5.69 Å². The molecule has 0 aromatic heterocycles. The third-order valence-corrected chi connectivity index (χ3v) is 4.44. The molecular weight excluding hydrogens is 392 g/mol. The zero-order valence-corrected chi connectivity index (χ0v) is 17.6. The number of nitriles is 1. The van der Waals surface area contributed by atoms with Crippen LogP contribution in [0.3, 0.4) is 0 Å². The van der Waals surface area contributed by atoms with Gasteiger partial charge in [0.25, 0.3) is 5.91 Å². The molecule has 6 nitrogen and oxygen atoms in total. The van der Waals surface area contributed by atoms with E-state index in [1.54, 1.807) is 48.5 Å². The Morgan fingerprint density at radius 2 is 1.68 bits per heavy atom. The van der Waals surface area contributed by atoms with Crippen LogP contribution in [0, 0.1) is 11.3 Å². The van der Waals surface area contributed by atoms with Crippen LogP contribution >= 0.6 is 0 Å². The largest absolute Gasteiger partial charge is 0.494 e. The van der Waals surface area contributed by atoms with E-state index in [0.29, 0.717) is 47.3 Å². The average Bonchev–Trinajstić information content (AvgIpc) is 2.80. The zero-order chi connectivity index (χ0) is 22.1. The normalized spacial score (nSPS) is 10.1. The lowest BCUT2D eigenvalue weighted by atomic mass is 10.1. The SMILES string of the molecule is CCOc1ccc(OCC)c(NC(=O)c2cccc(OCc3ccccc3C#N)c2)c1. The quantitative estimate of drug-likeness (QED) is 0.519. The predicted molar refractivity (Wildman–Crippen MR) is 119 cm³/mol. The van der Waals surface area contributed by atoms with Gasteiger partial charge in [-0.3, -0.25) is 4.79 Å². The number of nitrogens with zero attached hydrogens (tertiary/aromatic N) is 1. The van der Waals surface area contributed by atoms with Crippen LogP contribution in [0.5, 0.6) is 17.2 Å². The summed E-state index contributed by atoms with van der Waals surface area (Å²) in [6.45, 7) is 5.02. The molecule has 0 spiro atoms. The molecule has 0 saturated carbocycles. The minimum atomic E-state index is -0.294. The Balaban J connectivity index is 1.74. The lowest BCUT2D eigenvalue weighted by molar-refractivity contribution is 0.102. The standard InChI is InChI=1S/C25H24N2O4/c1-3-29-22-12-13-24(30-4-2)23(15-22)27-25(28)18-10-7-11-21(14-18)31-17-20-9-6-5-8-19(20)16-26/h5-15H,3-4,17H2,1-2H3,(H,27,28). The van der Waals surface area contributed by atoms with Gasteiger partial charge in [-0.2, -0.15) is 5.26 Å². The summed E-state index contributed by atoms with van der Waals surface area (Å²) >= 11 is 0. The topological polar surface area (TPSA) is 80.6 Å². The van der Waals surface area contributed by atoms with Crippen molar-refractivity contribution in [2.45, 2.75) is 20.5 Å². The summed E-state index contributed by atoms with van der Waals surface area (Å²) < 4.78 is 17.0. The van der Waals surface area contributed by atoms with E-state index in [9.17, 15) is 10.1 Å². The maximum Gasteiger partial charge on any atom is 0.255 e. The fourth-order valence-electron chi connectivity index (χ4n) is 2.98. The number of benzene rings is 3. The molecule has 0 bridgehead atoms. The van der Waals surface area contributed by atoms with Gasteiger partial charge in [-0.05, 0) is 50.2 Å². The van der Waals surface area contributed by atoms with Crippen molar-refractivity contribution in [2.24, 2.45) is 0 Å². The van der Waals surface area contributed by atoms with Gasteiger partial charge in [-0.1, -0.05) is 24.3 Å². The Kier molecular flexibility index (Phi) is 7.50. The Bertz CT molecular complexity index is 1090. The third kappa shape index (κ3) is 5.77. The number of ether oxygens (including phenoxy) is 3. The Morgan fingerprint density at radius 1 is 0.903 bits per heavy atom. The highest BCUT2D eigenvalue weighted by Crippen LogP contribution is 2.30. The minimum Gasteiger partial charge on any atom is -0.494 e. The molecule has 0 radical (unpaired) electrons. The Labute approximate surface area is 182 Å². The van der Waals surface area contributed by atoms with Crippen LogP contribution in [0.25, 0.3) is 0 Å². The molecule has 3 rings (SSSR count). The van der Waals surface area contributed by atoms with Crippen molar-refractivity contribution in [1.29, 1.82) is 5.26 Å². The maximum absolute atomic E-state index is 12.9. The highest BCUT2D eigenvalue weighted by molar-refractivity contribution is 6.05. The number of rotatable bonds is 9. The summed E-state index contributed by atoms with van der Waals surface area (Å²) in [4.78, 5) is 12.9. The molecule has 0 unspecified atom stereocenters. The molecule has 0 aliphatic heterocycles. The minimum absolute atomic E-state index is 0.236. The molecule has 0 fully saturated rings. The number of carbonyl (C=O) groups is 1. The first-order chi connectivity index (χ1) is 15.1. The van der Waals surface area contributed by atoms with E-state index in [0.717, 1.165) is 5.56 Å². The van der Waals surface area contributed by atoms with E-state index in [-0.39, 0.29) is 12.5 Å². The smallest absolute Gasteiger partial charge is 0.255 e. The molecule has 1 N–H and O–H groups in total. The van der Waals surface area contributed by atoms with Crippen LogP contribution in [0.15, 0.2) is 66.7 Å². The van der Waals surface area contributed by atoms with Crippen molar-refractivity contribution >= 4 is 11.6 Å². The lowest BCUT2D eigenvalue weighted by Crippen LogP contribution is -2.13. The number of anilines is 1. The van der Waals surface area contributed by atoms with E-state index in [1.807, 2.05) is 32.0 Å². The number of carbonyl (C=O) groups excluding carboxylic acids is 1. The first-order valence-electron chi connectivity index (χ1n) is 10.1. The van der Waals surface area contributed by atoms with Gasteiger partial charge >= 0.3 is 0 Å².